The van der Waals surface area contributed by atoms with Crippen molar-refractivity contribution >= 4 is 17.2 Å². The van der Waals surface area contributed by atoms with Crippen LogP contribution >= 0.6 is 11.3 Å². The molecule has 3 aliphatic rings. The molecule has 1 aromatic heterocycles. The van der Waals surface area contributed by atoms with Crippen LogP contribution in [0.3, 0.4) is 0 Å². The molecule has 6 heteroatoms. The van der Waals surface area contributed by atoms with Gasteiger partial charge in [0.15, 0.2) is 0 Å². The second-order valence-electron chi connectivity index (χ2n) is 5.84. The predicted molar refractivity (Wildman–Crippen MR) is 75.9 cm³/mol. The highest BCUT2D eigenvalue weighted by atomic mass is 32.1. The Labute approximate surface area is 122 Å². The lowest BCUT2D eigenvalue weighted by atomic mass is 10.1. The van der Waals surface area contributed by atoms with E-state index in [4.69, 9.17) is 4.74 Å². The minimum Gasteiger partial charge on any atom is -0.380 e. The van der Waals surface area contributed by atoms with Gasteiger partial charge in [-0.2, -0.15) is 0 Å². The third kappa shape index (κ3) is 1.98. The average molecular weight is 293 g/mol. The summed E-state index contributed by atoms with van der Waals surface area (Å²) < 4.78 is 5.52. The zero-order chi connectivity index (χ0) is 13.5. The summed E-state index contributed by atoms with van der Waals surface area (Å²) in [5.41, 5.74) is 2.34. The van der Waals surface area contributed by atoms with Crippen LogP contribution in [0.2, 0.25) is 0 Å². The number of carbonyl (C=O) groups excluding carboxylic acids is 1. The van der Waals surface area contributed by atoms with Crippen LogP contribution in [0.25, 0.3) is 0 Å². The standard InChI is InChI=1S/C14H19N3O2S/c18-14(11-8-20-9-15-11)17-5-2-12-13(17)1-4-16(12)10-3-6-19-7-10/h8-10,12-13H,1-7H2/t10-,12+,13-/m0/s1. The van der Waals surface area contributed by atoms with E-state index in [1.807, 2.05) is 5.38 Å². The number of fused-ring (bicyclic) bond motifs is 1. The molecule has 20 heavy (non-hydrogen) atoms. The molecule has 4 rings (SSSR count). The molecule has 3 aliphatic heterocycles. The van der Waals surface area contributed by atoms with Crippen molar-refractivity contribution in [2.45, 2.75) is 37.4 Å². The van der Waals surface area contributed by atoms with Crippen molar-refractivity contribution in [2.75, 3.05) is 26.3 Å². The maximum Gasteiger partial charge on any atom is 0.273 e. The van der Waals surface area contributed by atoms with E-state index in [9.17, 15) is 4.79 Å². The second kappa shape index (κ2) is 5.09. The molecule has 0 saturated carbocycles. The van der Waals surface area contributed by atoms with Gasteiger partial charge in [-0.25, -0.2) is 4.98 Å². The van der Waals surface area contributed by atoms with Gasteiger partial charge in [-0.05, 0) is 19.3 Å². The predicted octanol–water partition coefficient (Wildman–Crippen LogP) is 1.22. The van der Waals surface area contributed by atoms with Gasteiger partial charge in [0.1, 0.15) is 5.69 Å². The number of hydrogen-bond donors (Lipinski definition) is 0. The van der Waals surface area contributed by atoms with Gasteiger partial charge in [0.2, 0.25) is 0 Å². The Morgan fingerprint density at radius 1 is 1.30 bits per heavy atom. The van der Waals surface area contributed by atoms with Crippen molar-refractivity contribution in [2.24, 2.45) is 0 Å². The lowest BCUT2D eigenvalue weighted by molar-refractivity contribution is 0.0721. The monoisotopic (exact) mass is 293 g/mol. The third-order valence-corrected chi connectivity index (χ3v) is 5.49. The number of carbonyl (C=O) groups is 1. The molecule has 1 aromatic rings. The van der Waals surface area contributed by atoms with Crippen LogP contribution in [-0.2, 0) is 4.74 Å². The van der Waals surface area contributed by atoms with E-state index in [1.165, 1.54) is 11.3 Å². The van der Waals surface area contributed by atoms with Crippen molar-refractivity contribution in [1.29, 1.82) is 0 Å². The molecular weight excluding hydrogens is 274 g/mol. The van der Waals surface area contributed by atoms with Crippen LogP contribution in [0.15, 0.2) is 10.9 Å². The normalized spacial score (nSPS) is 33.8. The molecular formula is C14H19N3O2S. The van der Waals surface area contributed by atoms with Gasteiger partial charge in [-0.15, -0.1) is 11.3 Å². The molecule has 0 radical (unpaired) electrons. The lowest BCUT2D eigenvalue weighted by Crippen LogP contribution is -2.43. The Kier molecular flexibility index (Phi) is 3.24. The van der Waals surface area contributed by atoms with Crippen molar-refractivity contribution in [3.05, 3.63) is 16.6 Å². The summed E-state index contributed by atoms with van der Waals surface area (Å²) in [5, 5.41) is 1.85. The largest absolute Gasteiger partial charge is 0.380 e. The van der Waals surface area contributed by atoms with E-state index in [2.05, 4.69) is 14.8 Å². The molecule has 0 bridgehead atoms. The number of amides is 1. The van der Waals surface area contributed by atoms with Gasteiger partial charge in [-0.3, -0.25) is 9.69 Å². The number of hydrogen-bond acceptors (Lipinski definition) is 5. The highest BCUT2D eigenvalue weighted by Gasteiger charge is 2.47. The Balaban J connectivity index is 1.49. The van der Waals surface area contributed by atoms with Crippen molar-refractivity contribution in [3.8, 4) is 0 Å². The van der Waals surface area contributed by atoms with Crippen LogP contribution in [0.1, 0.15) is 29.8 Å². The number of thiazole rings is 1. The van der Waals surface area contributed by atoms with E-state index in [0.717, 1.165) is 45.6 Å². The summed E-state index contributed by atoms with van der Waals surface area (Å²) >= 11 is 1.49. The molecule has 0 aliphatic carbocycles. The smallest absolute Gasteiger partial charge is 0.273 e. The van der Waals surface area contributed by atoms with E-state index < -0.39 is 0 Å². The summed E-state index contributed by atoms with van der Waals surface area (Å²) in [6.07, 6.45) is 3.33. The van der Waals surface area contributed by atoms with Gasteiger partial charge in [0.05, 0.1) is 12.1 Å². The SMILES string of the molecule is O=C(c1cscn1)N1CC[C@@H]2[C@@H]1CCN2[C@H]1CCOC1. The Morgan fingerprint density at radius 2 is 2.20 bits per heavy atom. The zero-order valence-electron chi connectivity index (χ0n) is 11.4. The van der Waals surface area contributed by atoms with E-state index in [-0.39, 0.29) is 5.91 Å². The third-order valence-electron chi connectivity index (χ3n) is 4.91. The summed E-state index contributed by atoms with van der Waals surface area (Å²) in [5.74, 6) is 0.114. The fraction of sp³-hybridized carbons (Fsp3) is 0.714. The first-order valence-electron chi connectivity index (χ1n) is 7.37. The lowest BCUT2D eigenvalue weighted by Gasteiger charge is -2.29. The topological polar surface area (TPSA) is 45.7 Å². The van der Waals surface area contributed by atoms with Gasteiger partial charge < -0.3 is 9.64 Å². The molecule has 0 aromatic carbocycles. The first-order valence-corrected chi connectivity index (χ1v) is 8.31. The number of likely N-dealkylation sites (tertiary alicyclic amines) is 2. The fourth-order valence-electron chi connectivity index (χ4n) is 3.97. The van der Waals surface area contributed by atoms with E-state index in [0.29, 0.717) is 23.8 Å². The first kappa shape index (κ1) is 12.7. The maximum absolute atomic E-state index is 12.5. The number of aromatic nitrogens is 1. The molecule has 5 nitrogen and oxygen atoms in total. The minimum atomic E-state index is 0.114. The maximum atomic E-state index is 12.5. The van der Waals surface area contributed by atoms with Crippen molar-refractivity contribution in [1.82, 2.24) is 14.8 Å². The van der Waals surface area contributed by atoms with Gasteiger partial charge >= 0.3 is 0 Å². The highest BCUT2D eigenvalue weighted by molar-refractivity contribution is 7.07. The van der Waals surface area contributed by atoms with Gasteiger partial charge in [0.25, 0.3) is 5.91 Å². The Morgan fingerprint density at radius 3 is 2.95 bits per heavy atom. The zero-order valence-corrected chi connectivity index (χ0v) is 12.2. The van der Waals surface area contributed by atoms with Crippen molar-refractivity contribution < 1.29 is 9.53 Å². The number of nitrogens with zero attached hydrogens (tertiary/aromatic N) is 3. The van der Waals surface area contributed by atoms with Crippen LogP contribution in [0, 0.1) is 0 Å². The van der Waals surface area contributed by atoms with Gasteiger partial charge in [0, 0.05) is 43.2 Å². The minimum absolute atomic E-state index is 0.114. The molecule has 3 saturated heterocycles. The molecule has 4 heterocycles. The van der Waals surface area contributed by atoms with E-state index in [1.54, 1.807) is 5.51 Å². The second-order valence-corrected chi connectivity index (χ2v) is 6.56. The molecule has 3 atom stereocenters. The van der Waals surface area contributed by atoms with Gasteiger partial charge in [-0.1, -0.05) is 0 Å². The molecule has 3 fully saturated rings. The van der Waals surface area contributed by atoms with Crippen LogP contribution in [-0.4, -0.2) is 65.1 Å². The fourth-order valence-corrected chi connectivity index (χ4v) is 4.50. The molecule has 0 spiro atoms. The summed E-state index contributed by atoms with van der Waals surface area (Å²) in [4.78, 5) is 21.3. The molecule has 108 valence electrons. The van der Waals surface area contributed by atoms with Crippen molar-refractivity contribution in [3.63, 3.8) is 0 Å². The number of rotatable bonds is 2. The summed E-state index contributed by atoms with van der Waals surface area (Å²) in [6, 6.07) is 1.48. The Bertz CT molecular complexity index is 487. The highest BCUT2D eigenvalue weighted by Crippen LogP contribution is 2.35. The van der Waals surface area contributed by atoms with Crippen LogP contribution in [0.4, 0.5) is 0 Å². The number of ether oxygens (including phenoxy) is 1. The van der Waals surface area contributed by atoms with Crippen LogP contribution in [0.5, 0.6) is 0 Å². The van der Waals surface area contributed by atoms with E-state index >= 15 is 0 Å². The van der Waals surface area contributed by atoms with Crippen LogP contribution < -0.4 is 0 Å². The summed E-state index contributed by atoms with van der Waals surface area (Å²) in [6.45, 7) is 3.73. The quantitative estimate of drug-likeness (QED) is 0.822. The molecule has 0 N–H and O–H groups in total. The Hall–Kier alpha value is -0.980. The summed E-state index contributed by atoms with van der Waals surface area (Å²) in [7, 11) is 0. The molecule has 1 amide bonds. The first-order chi connectivity index (χ1) is 9.84. The molecule has 0 unspecified atom stereocenters. The average Bonchev–Trinajstić information content (AvgIpc) is 3.21.